The van der Waals surface area contributed by atoms with Crippen molar-refractivity contribution in [2.45, 2.75) is 38.1 Å². The van der Waals surface area contributed by atoms with Crippen LogP contribution in [0.15, 0.2) is 0 Å². The van der Waals surface area contributed by atoms with E-state index in [4.69, 9.17) is 18.0 Å². The maximum atomic E-state index is 12.6. The summed E-state index contributed by atoms with van der Waals surface area (Å²) in [7, 11) is 0. The van der Waals surface area contributed by atoms with Crippen LogP contribution >= 0.6 is 12.2 Å². The molecule has 3 fully saturated rings. The molecule has 2 N–H and O–H groups in total. The molecule has 1 heterocycles. The highest BCUT2D eigenvalue weighted by Crippen LogP contribution is 2.43. The van der Waals surface area contributed by atoms with Gasteiger partial charge in [-0.3, -0.25) is 9.69 Å². The lowest BCUT2D eigenvalue weighted by Crippen LogP contribution is -2.58. The van der Waals surface area contributed by atoms with Gasteiger partial charge in [-0.2, -0.15) is 0 Å². The van der Waals surface area contributed by atoms with Crippen molar-refractivity contribution in [3.8, 4) is 0 Å². The molecule has 0 spiro atoms. The van der Waals surface area contributed by atoms with Gasteiger partial charge in [-0.25, -0.2) is 0 Å². The fourth-order valence-electron chi connectivity index (χ4n) is 3.13. The monoisotopic (exact) mass is 267 g/mol. The molecule has 1 saturated heterocycles. The van der Waals surface area contributed by atoms with Crippen LogP contribution in [-0.4, -0.2) is 52.9 Å². The third-order valence-corrected chi connectivity index (χ3v) is 5.14. The third kappa shape index (κ3) is 1.93. The van der Waals surface area contributed by atoms with E-state index in [1.807, 2.05) is 4.90 Å². The number of rotatable bonds is 3. The standard InChI is InChI=1S/C13H21N3OS/c14-11(18)13(4-1-5-13)12(17)16-8-6-15(7-9-16)10-2-3-10/h10H,1-9H2,(H2,14,18). The Morgan fingerprint density at radius 2 is 1.78 bits per heavy atom. The zero-order valence-electron chi connectivity index (χ0n) is 10.7. The lowest BCUT2D eigenvalue weighted by atomic mass is 9.67. The van der Waals surface area contributed by atoms with Gasteiger partial charge in [-0.1, -0.05) is 18.6 Å². The van der Waals surface area contributed by atoms with Crippen molar-refractivity contribution in [1.82, 2.24) is 9.80 Å². The van der Waals surface area contributed by atoms with Crippen LogP contribution in [0, 0.1) is 5.41 Å². The number of hydrogen-bond acceptors (Lipinski definition) is 3. The summed E-state index contributed by atoms with van der Waals surface area (Å²) in [6.07, 6.45) is 5.45. The Bertz CT molecular complexity index is 368. The second-order valence-corrected chi connectivity index (χ2v) is 6.30. The Kier molecular flexibility index (Phi) is 3.06. The molecule has 0 aromatic rings. The fourth-order valence-corrected chi connectivity index (χ4v) is 3.42. The van der Waals surface area contributed by atoms with Gasteiger partial charge in [-0.05, 0) is 25.7 Å². The maximum absolute atomic E-state index is 12.6. The molecule has 0 radical (unpaired) electrons. The fraction of sp³-hybridized carbons (Fsp3) is 0.846. The van der Waals surface area contributed by atoms with Gasteiger partial charge in [0.15, 0.2) is 0 Å². The molecule has 2 saturated carbocycles. The Balaban J connectivity index is 1.61. The van der Waals surface area contributed by atoms with Crippen molar-refractivity contribution in [2.75, 3.05) is 26.2 Å². The molecule has 5 heteroatoms. The average Bonchev–Trinajstić information content (AvgIpc) is 3.11. The highest BCUT2D eigenvalue weighted by Gasteiger charge is 2.49. The molecule has 0 aromatic carbocycles. The van der Waals surface area contributed by atoms with E-state index < -0.39 is 5.41 Å². The van der Waals surface area contributed by atoms with E-state index in [-0.39, 0.29) is 5.91 Å². The van der Waals surface area contributed by atoms with Gasteiger partial charge in [0, 0.05) is 32.2 Å². The molecule has 2 aliphatic carbocycles. The van der Waals surface area contributed by atoms with E-state index >= 15 is 0 Å². The number of piperazine rings is 1. The van der Waals surface area contributed by atoms with Gasteiger partial charge in [0.1, 0.15) is 0 Å². The van der Waals surface area contributed by atoms with Crippen LogP contribution in [0.2, 0.25) is 0 Å². The number of carbonyl (C=O) groups is 1. The molecule has 4 nitrogen and oxygen atoms in total. The SMILES string of the molecule is NC(=S)C1(C(=O)N2CCN(C3CC3)CC2)CCC1. The molecule has 18 heavy (non-hydrogen) atoms. The van der Waals surface area contributed by atoms with E-state index in [1.54, 1.807) is 0 Å². The molecule has 100 valence electrons. The first-order chi connectivity index (χ1) is 8.63. The lowest BCUT2D eigenvalue weighted by molar-refractivity contribution is -0.143. The number of amides is 1. The Morgan fingerprint density at radius 3 is 2.17 bits per heavy atom. The lowest BCUT2D eigenvalue weighted by Gasteiger charge is -2.45. The summed E-state index contributed by atoms with van der Waals surface area (Å²) in [6, 6.07) is 0.801. The van der Waals surface area contributed by atoms with E-state index in [1.165, 1.54) is 12.8 Å². The second-order valence-electron chi connectivity index (χ2n) is 5.86. The van der Waals surface area contributed by atoms with Crippen LogP contribution in [-0.2, 0) is 4.79 Å². The first-order valence-corrected chi connectivity index (χ1v) is 7.38. The minimum atomic E-state index is -0.489. The van der Waals surface area contributed by atoms with Gasteiger partial charge in [-0.15, -0.1) is 0 Å². The molecule has 1 amide bonds. The minimum absolute atomic E-state index is 0.191. The molecule has 0 bridgehead atoms. The summed E-state index contributed by atoms with van der Waals surface area (Å²) >= 11 is 5.12. The molecule has 1 aliphatic heterocycles. The molecule has 0 aromatic heterocycles. The van der Waals surface area contributed by atoms with Gasteiger partial charge in [0.25, 0.3) is 0 Å². The molecule has 0 unspecified atom stereocenters. The van der Waals surface area contributed by atoms with Crippen molar-refractivity contribution in [1.29, 1.82) is 0 Å². The Labute approximate surface area is 113 Å². The molecule has 3 aliphatic rings. The topological polar surface area (TPSA) is 49.6 Å². The third-order valence-electron chi connectivity index (χ3n) is 4.75. The first-order valence-electron chi connectivity index (χ1n) is 6.97. The largest absolute Gasteiger partial charge is 0.392 e. The number of nitrogens with zero attached hydrogens (tertiary/aromatic N) is 2. The average molecular weight is 267 g/mol. The summed E-state index contributed by atoms with van der Waals surface area (Å²) in [4.78, 5) is 17.5. The first kappa shape index (κ1) is 12.4. The number of carbonyl (C=O) groups excluding carboxylic acids is 1. The van der Waals surface area contributed by atoms with Crippen LogP contribution in [0.4, 0.5) is 0 Å². The zero-order chi connectivity index (χ0) is 12.8. The van der Waals surface area contributed by atoms with E-state index in [0.717, 1.165) is 51.5 Å². The van der Waals surface area contributed by atoms with Gasteiger partial charge < -0.3 is 10.6 Å². The summed E-state index contributed by atoms with van der Waals surface area (Å²) in [6.45, 7) is 3.73. The molecular formula is C13H21N3OS. The highest BCUT2D eigenvalue weighted by atomic mass is 32.1. The number of nitrogens with two attached hydrogens (primary N) is 1. The summed E-state index contributed by atoms with van der Waals surface area (Å²) in [5.41, 5.74) is 5.31. The van der Waals surface area contributed by atoms with Crippen LogP contribution in [0.3, 0.4) is 0 Å². The maximum Gasteiger partial charge on any atom is 0.235 e. The van der Waals surface area contributed by atoms with Crippen molar-refractivity contribution in [3.63, 3.8) is 0 Å². The summed E-state index contributed by atoms with van der Waals surface area (Å²) < 4.78 is 0. The van der Waals surface area contributed by atoms with E-state index in [0.29, 0.717) is 4.99 Å². The van der Waals surface area contributed by atoms with Crippen LogP contribution in [0.5, 0.6) is 0 Å². The summed E-state index contributed by atoms with van der Waals surface area (Å²) in [5, 5.41) is 0. The minimum Gasteiger partial charge on any atom is -0.392 e. The van der Waals surface area contributed by atoms with Crippen molar-refractivity contribution in [2.24, 2.45) is 11.1 Å². The molecular weight excluding hydrogens is 246 g/mol. The predicted molar refractivity (Wildman–Crippen MR) is 74.2 cm³/mol. The smallest absolute Gasteiger partial charge is 0.235 e. The zero-order valence-corrected chi connectivity index (χ0v) is 11.5. The van der Waals surface area contributed by atoms with Crippen molar-refractivity contribution >= 4 is 23.1 Å². The Hall–Kier alpha value is -0.680. The number of hydrogen-bond donors (Lipinski definition) is 1. The van der Waals surface area contributed by atoms with Crippen molar-refractivity contribution < 1.29 is 4.79 Å². The van der Waals surface area contributed by atoms with Crippen LogP contribution in [0.1, 0.15) is 32.1 Å². The van der Waals surface area contributed by atoms with Crippen molar-refractivity contribution in [3.05, 3.63) is 0 Å². The summed E-state index contributed by atoms with van der Waals surface area (Å²) in [5.74, 6) is 0.191. The van der Waals surface area contributed by atoms with E-state index in [9.17, 15) is 4.79 Å². The second kappa shape index (κ2) is 4.46. The predicted octanol–water partition coefficient (Wildman–Crippen LogP) is 0.749. The normalized spacial score (nSPS) is 27.7. The highest BCUT2D eigenvalue weighted by molar-refractivity contribution is 7.80. The Morgan fingerprint density at radius 1 is 1.17 bits per heavy atom. The quantitative estimate of drug-likeness (QED) is 0.767. The number of thiocarbonyl (C=S) groups is 1. The van der Waals surface area contributed by atoms with E-state index in [2.05, 4.69) is 4.90 Å². The molecule has 0 atom stereocenters. The van der Waals surface area contributed by atoms with Crippen LogP contribution in [0.25, 0.3) is 0 Å². The van der Waals surface area contributed by atoms with Crippen LogP contribution < -0.4 is 5.73 Å². The van der Waals surface area contributed by atoms with Gasteiger partial charge >= 0.3 is 0 Å². The van der Waals surface area contributed by atoms with Gasteiger partial charge in [0.05, 0.1) is 10.4 Å². The van der Waals surface area contributed by atoms with Gasteiger partial charge in [0.2, 0.25) is 5.91 Å². The molecule has 3 rings (SSSR count).